The van der Waals surface area contributed by atoms with Crippen molar-refractivity contribution in [3.05, 3.63) is 65.7 Å². The molecule has 1 fully saturated rings. The Morgan fingerprint density at radius 2 is 1.87 bits per heavy atom. The molecule has 0 amide bonds. The predicted molar refractivity (Wildman–Crippen MR) is 89.3 cm³/mol. The van der Waals surface area contributed by atoms with Crippen LogP contribution in [-0.4, -0.2) is 36.8 Å². The minimum atomic E-state index is -1.19. The van der Waals surface area contributed by atoms with Gasteiger partial charge in [-0.25, -0.2) is 0 Å². The lowest BCUT2D eigenvalue weighted by Gasteiger charge is -2.48. The molecule has 1 aliphatic rings. The largest absolute Gasteiger partial charge is 0.497 e. The lowest BCUT2D eigenvalue weighted by Crippen LogP contribution is -2.55. The van der Waals surface area contributed by atoms with Crippen LogP contribution >= 0.6 is 0 Å². The Morgan fingerprint density at radius 1 is 1.17 bits per heavy atom. The molecule has 0 radical (unpaired) electrons. The topological polar surface area (TPSA) is 41.9 Å². The first-order valence-corrected chi connectivity index (χ1v) is 7.98. The van der Waals surface area contributed by atoms with Gasteiger partial charge in [0.2, 0.25) is 0 Å². The summed E-state index contributed by atoms with van der Waals surface area (Å²) in [5.74, 6) is 0.772. The zero-order valence-corrected chi connectivity index (χ0v) is 13.6. The van der Waals surface area contributed by atoms with Gasteiger partial charge >= 0.3 is 0 Å². The summed E-state index contributed by atoms with van der Waals surface area (Å²) in [7, 11) is 1.64. The van der Waals surface area contributed by atoms with Gasteiger partial charge in [-0.1, -0.05) is 49.4 Å². The van der Waals surface area contributed by atoms with E-state index in [9.17, 15) is 5.11 Å². The van der Waals surface area contributed by atoms with E-state index in [4.69, 9.17) is 9.47 Å². The first-order chi connectivity index (χ1) is 11.2. The molecule has 23 heavy (non-hydrogen) atoms. The molecule has 2 unspecified atom stereocenters. The standard InChI is InChI=1S/C19H23NO3/c1-3-20-13-14-23-18(15-7-5-4-6-8-15)19(20,21)16-9-11-17(22-2)12-10-16/h4-12,18,21H,3,13-14H2,1-2H3. The molecular weight excluding hydrogens is 290 g/mol. The number of benzene rings is 2. The van der Waals surface area contributed by atoms with Crippen LogP contribution in [0.2, 0.25) is 0 Å². The third-order valence-electron chi connectivity index (χ3n) is 4.49. The summed E-state index contributed by atoms with van der Waals surface area (Å²) in [6.07, 6.45) is -0.425. The van der Waals surface area contributed by atoms with Crippen LogP contribution in [0.4, 0.5) is 0 Å². The third-order valence-corrected chi connectivity index (χ3v) is 4.49. The fourth-order valence-corrected chi connectivity index (χ4v) is 3.26. The average molecular weight is 313 g/mol. The molecule has 4 heteroatoms. The number of aliphatic hydroxyl groups is 1. The minimum absolute atomic E-state index is 0.425. The second-order valence-electron chi connectivity index (χ2n) is 5.70. The number of nitrogens with zero attached hydrogens (tertiary/aromatic N) is 1. The maximum Gasteiger partial charge on any atom is 0.175 e. The second-order valence-corrected chi connectivity index (χ2v) is 5.70. The summed E-state index contributed by atoms with van der Waals surface area (Å²) in [6.45, 7) is 4.10. The zero-order chi connectivity index (χ0) is 16.3. The Hall–Kier alpha value is -1.88. The third kappa shape index (κ3) is 2.85. The molecule has 2 aromatic carbocycles. The SMILES string of the molecule is CCN1CCOC(c2ccccc2)C1(O)c1ccc(OC)cc1. The highest BCUT2D eigenvalue weighted by Crippen LogP contribution is 2.43. The van der Waals surface area contributed by atoms with E-state index in [0.717, 1.165) is 23.4 Å². The highest BCUT2D eigenvalue weighted by molar-refractivity contribution is 5.34. The van der Waals surface area contributed by atoms with E-state index in [1.807, 2.05) is 54.6 Å². The highest BCUT2D eigenvalue weighted by Gasteiger charge is 2.47. The van der Waals surface area contributed by atoms with E-state index in [1.54, 1.807) is 7.11 Å². The van der Waals surface area contributed by atoms with Crippen LogP contribution in [0.1, 0.15) is 24.2 Å². The zero-order valence-electron chi connectivity index (χ0n) is 13.6. The van der Waals surface area contributed by atoms with E-state index in [1.165, 1.54) is 0 Å². The number of ether oxygens (including phenoxy) is 2. The number of rotatable bonds is 4. The van der Waals surface area contributed by atoms with Crippen LogP contribution in [0.3, 0.4) is 0 Å². The molecule has 1 heterocycles. The molecule has 0 bridgehead atoms. The van der Waals surface area contributed by atoms with Crippen molar-refractivity contribution in [2.24, 2.45) is 0 Å². The fraction of sp³-hybridized carbons (Fsp3) is 0.368. The van der Waals surface area contributed by atoms with Crippen LogP contribution in [0, 0.1) is 0 Å². The van der Waals surface area contributed by atoms with Gasteiger partial charge in [0.15, 0.2) is 5.72 Å². The molecule has 2 atom stereocenters. The molecule has 0 aromatic heterocycles. The smallest absolute Gasteiger partial charge is 0.175 e. The van der Waals surface area contributed by atoms with Gasteiger partial charge in [-0.15, -0.1) is 0 Å². The number of methoxy groups -OCH3 is 1. The summed E-state index contributed by atoms with van der Waals surface area (Å²) in [5, 5.41) is 11.6. The van der Waals surface area contributed by atoms with E-state index >= 15 is 0 Å². The van der Waals surface area contributed by atoms with Crippen LogP contribution in [0.5, 0.6) is 5.75 Å². The van der Waals surface area contributed by atoms with Crippen molar-refractivity contribution in [3.63, 3.8) is 0 Å². The molecule has 4 nitrogen and oxygen atoms in total. The summed E-state index contributed by atoms with van der Waals surface area (Å²) < 4.78 is 11.2. The molecule has 1 saturated heterocycles. The maximum absolute atomic E-state index is 11.6. The van der Waals surface area contributed by atoms with Gasteiger partial charge < -0.3 is 14.6 Å². The summed E-state index contributed by atoms with van der Waals surface area (Å²) in [4.78, 5) is 2.07. The minimum Gasteiger partial charge on any atom is -0.497 e. The molecule has 1 aliphatic heterocycles. The van der Waals surface area contributed by atoms with Gasteiger partial charge in [0.1, 0.15) is 11.9 Å². The van der Waals surface area contributed by atoms with E-state index in [-0.39, 0.29) is 0 Å². The Kier molecular flexibility index (Phi) is 4.66. The van der Waals surface area contributed by atoms with Gasteiger partial charge in [0, 0.05) is 12.1 Å². The van der Waals surface area contributed by atoms with Crippen molar-refractivity contribution in [3.8, 4) is 5.75 Å². The second kappa shape index (κ2) is 6.71. The summed E-state index contributed by atoms with van der Waals surface area (Å²) >= 11 is 0. The van der Waals surface area contributed by atoms with Crippen molar-refractivity contribution in [2.75, 3.05) is 26.8 Å². The average Bonchev–Trinajstić information content (AvgIpc) is 2.62. The van der Waals surface area contributed by atoms with Crippen LogP contribution in [0.15, 0.2) is 54.6 Å². The normalized spacial score (nSPS) is 25.3. The number of likely N-dealkylation sites (N-methyl/N-ethyl adjacent to an activating group) is 1. The Morgan fingerprint density at radius 3 is 2.48 bits per heavy atom. The van der Waals surface area contributed by atoms with E-state index < -0.39 is 11.8 Å². The van der Waals surface area contributed by atoms with Crippen molar-refractivity contribution >= 4 is 0 Å². The monoisotopic (exact) mass is 313 g/mol. The van der Waals surface area contributed by atoms with Gasteiger partial charge in [0.25, 0.3) is 0 Å². The molecule has 122 valence electrons. The van der Waals surface area contributed by atoms with Crippen molar-refractivity contribution in [2.45, 2.75) is 18.8 Å². The molecule has 0 spiro atoms. The number of hydrogen-bond donors (Lipinski definition) is 1. The number of morpholine rings is 1. The van der Waals surface area contributed by atoms with Crippen molar-refractivity contribution in [1.29, 1.82) is 0 Å². The molecule has 3 rings (SSSR count). The number of hydrogen-bond acceptors (Lipinski definition) is 4. The van der Waals surface area contributed by atoms with Crippen LogP contribution < -0.4 is 4.74 Å². The summed E-state index contributed by atoms with van der Waals surface area (Å²) in [6, 6.07) is 17.5. The highest BCUT2D eigenvalue weighted by atomic mass is 16.5. The lowest BCUT2D eigenvalue weighted by atomic mass is 9.88. The Balaban J connectivity index is 2.06. The van der Waals surface area contributed by atoms with Gasteiger partial charge in [0.05, 0.1) is 13.7 Å². The maximum atomic E-state index is 11.6. The predicted octanol–water partition coefficient (Wildman–Crippen LogP) is 2.93. The van der Waals surface area contributed by atoms with Crippen molar-refractivity contribution in [1.82, 2.24) is 4.90 Å². The first kappa shape index (κ1) is 16.0. The van der Waals surface area contributed by atoms with Gasteiger partial charge in [-0.2, -0.15) is 0 Å². The Bertz CT molecular complexity index is 629. The summed E-state index contributed by atoms with van der Waals surface area (Å²) in [5.41, 5.74) is 0.596. The van der Waals surface area contributed by atoms with Crippen LogP contribution in [-0.2, 0) is 10.5 Å². The first-order valence-electron chi connectivity index (χ1n) is 7.98. The lowest BCUT2D eigenvalue weighted by molar-refractivity contribution is -0.243. The fourth-order valence-electron chi connectivity index (χ4n) is 3.26. The molecule has 0 aliphatic carbocycles. The quantitative estimate of drug-likeness (QED) is 0.942. The molecule has 0 saturated carbocycles. The van der Waals surface area contributed by atoms with E-state index in [0.29, 0.717) is 13.2 Å². The van der Waals surface area contributed by atoms with Gasteiger partial charge in [-0.3, -0.25) is 4.90 Å². The Labute approximate surface area is 137 Å². The molecular formula is C19H23NO3. The van der Waals surface area contributed by atoms with Gasteiger partial charge in [-0.05, 0) is 24.2 Å². The van der Waals surface area contributed by atoms with Crippen LogP contribution in [0.25, 0.3) is 0 Å². The van der Waals surface area contributed by atoms with Crippen molar-refractivity contribution < 1.29 is 14.6 Å². The molecule has 2 aromatic rings. The van der Waals surface area contributed by atoms with E-state index in [2.05, 4.69) is 11.8 Å². The molecule has 1 N–H and O–H groups in total.